The number of amides is 1. The lowest BCUT2D eigenvalue weighted by Crippen LogP contribution is -2.37. The maximum absolute atomic E-state index is 12.6. The Bertz CT molecular complexity index is 685. The molecule has 2 N–H and O–H groups in total. The molecule has 2 rings (SSSR count). The number of hydrogen-bond acceptors (Lipinski definition) is 4. The normalized spacial score (nSPS) is 13.0. The molecule has 1 amide bonds. The highest BCUT2D eigenvalue weighted by molar-refractivity contribution is 5.85. The summed E-state index contributed by atoms with van der Waals surface area (Å²) < 4.78 is 7.38. The molecule has 2 atom stereocenters. The van der Waals surface area contributed by atoms with Crippen molar-refractivity contribution >= 4 is 18.3 Å². The van der Waals surface area contributed by atoms with Gasteiger partial charge in [0.2, 0.25) is 5.91 Å². The van der Waals surface area contributed by atoms with Gasteiger partial charge in [-0.05, 0) is 37.6 Å². The summed E-state index contributed by atoms with van der Waals surface area (Å²) in [7, 11) is 3.60. The number of nitrogens with zero attached hydrogens (tertiary/aromatic N) is 2. The Morgan fingerprint density at radius 2 is 1.85 bits per heavy atom. The second-order valence-corrected chi connectivity index (χ2v) is 6.67. The number of rotatable bonds is 8. The van der Waals surface area contributed by atoms with Crippen LogP contribution in [-0.2, 0) is 11.8 Å². The van der Waals surface area contributed by atoms with Crippen LogP contribution < -0.4 is 15.4 Å². The molecule has 7 heteroatoms. The van der Waals surface area contributed by atoms with Gasteiger partial charge in [0.1, 0.15) is 11.8 Å². The zero-order chi connectivity index (χ0) is 18.4. The van der Waals surface area contributed by atoms with Crippen molar-refractivity contribution in [3.63, 3.8) is 0 Å². The van der Waals surface area contributed by atoms with Crippen LogP contribution in [0, 0.1) is 5.92 Å². The van der Waals surface area contributed by atoms with Crippen molar-refractivity contribution in [2.24, 2.45) is 13.0 Å². The molecule has 1 aromatic carbocycles. The van der Waals surface area contributed by atoms with Crippen LogP contribution in [0.4, 0.5) is 0 Å². The number of aromatic nitrogens is 2. The number of benzene rings is 1. The Hall–Kier alpha value is -2.05. The lowest BCUT2D eigenvalue weighted by atomic mass is 10.1. The topological polar surface area (TPSA) is 68.2 Å². The summed E-state index contributed by atoms with van der Waals surface area (Å²) in [5, 5.41) is 10.2. The van der Waals surface area contributed by atoms with Crippen LogP contribution in [0.5, 0.6) is 5.75 Å². The summed E-state index contributed by atoms with van der Waals surface area (Å²) in [6, 6.07) is 7.33. The third-order valence-corrected chi connectivity index (χ3v) is 3.93. The van der Waals surface area contributed by atoms with E-state index in [-0.39, 0.29) is 24.4 Å². The number of ether oxygens (including phenoxy) is 1. The lowest BCUT2D eigenvalue weighted by Gasteiger charge is -2.20. The lowest BCUT2D eigenvalue weighted by molar-refractivity contribution is -0.123. The molecule has 2 unspecified atom stereocenters. The zero-order valence-corrected chi connectivity index (χ0v) is 16.8. The monoisotopic (exact) mass is 380 g/mol. The smallest absolute Gasteiger partial charge is 0.242 e. The van der Waals surface area contributed by atoms with Crippen molar-refractivity contribution in [3.8, 4) is 5.75 Å². The molecule has 0 radical (unpaired) electrons. The SMILES string of the molecule is CNC(C(=O)NC(C)c1ccc(OCC(C)C)cc1)c1cnn(C)c1.Cl. The quantitative estimate of drug-likeness (QED) is 0.738. The molecule has 2 aromatic rings. The highest BCUT2D eigenvalue weighted by Gasteiger charge is 2.22. The van der Waals surface area contributed by atoms with E-state index in [0.717, 1.165) is 16.9 Å². The molecule has 26 heavy (non-hydrogen) atoms. The van der Waals surface area contributed by atoms with Gasteiger partial charge in [-0.3, -0.25) is 9.48 Å². The fraction of sp³-hybridized carbons (Fsp3) is 0.474. The van der Waals surface area contributed by atoms with Crippen LogP contribution in [0.15, 0.2) is 36.7 Å². The van der Waals surface area contributed by atoms with Crippen molar-refractivity contribution in [1.82, 2.24) is 20.4 Å². The molecule has 1 heterocycles. The van der Waals surface area contributed by atoms with Gasteiger partial charge >= 0.3 is 0 Å². The molecular formula is C19H29ClN4O2. The first-order valence-corrected chi connectivity index (χ1v) is 8.59. The Kier molecular flexibility index (Phi) is 8.61. The van der Waals surface area contributed by atoms with Crippen molar-refractivity contribution in [2.75, 3.05) is 13.7 Å². The van der Waals surface area contributed by atoms with E-state index in [0.29, 0.717) is 12.5 Å². The van der Waals surface area contributed by atoms with E-state index >= 15 is 0 Å². The third kappa shape index (κ3) is 6.04. The van der Waals surface area contributed by atoms with Gasteiger partial charge in [-0.2, -0.15) is 5.10 Å². The van der Waals surface area contributed by atoms with E-state index < -0.39 is 6.04 Å². The maximum atomic E-state index is 12.6. The molecule has 0 aliphatic rings. The Morgan fingerprint density at radius 3 is 2.35 bits per heavy atom. The average molecular weight is 381 g/mol. The summed E-state index contributed by atoms with van der Waals surface area (Å²) in [6.45, 7) is 6.90. The number of aryl methyl sites for hydroxylation is 1. The maximum Gasteiger partial charge on any atom is 0.242 e. The minimum atomic E-state index is -0.426. The van der Waals surface area contributed by atoms with Crippen LogP contribution >= 0.6 is 12.4 Å². The predicted molar refractivity (Wildman–Crippen MR) is 106 cm³/mol. The zero-order valence-electron chi connectivity index (χ0n) is 16.0. The Labute approximate surface area is 161 Å². The first-order chi connectivity index (χ1) is 11.9. The molecule has 0 bridgehead atoms. The molecule has 0 aliphatic heterocycles. The third-order valence-electron chi connectivity index (χ3n) is 3.93. The fourth-order valence-corrected chi connectivity index (χ4v) is 2.53. The van der Waals surface area contributed by atoms with Crippen molar-refractivity contribution in [2.45, 2.75) is 32.9 Å². The van der Waals surface area contributed by atoms with Crippen molar-refractivity contribution in [3.05, 3.63) is 47.8 Å². The van der Waals surface area contributed by atoms with Crippen LogP contribution in [0.25, 0.3) is 0 Å². The second-order valence-electron chi connectivity index (χ2n) is 6.67. The second kappa shape index (κ2) is 10.2. The molecule has 0 saturated heterocycles. The minimum Gasteiger partial charge on any atom is -0.493 e. The highest BCUT2D eigenvalue weighted by atomic mass is 35.5. The summed E-state index contributed by atoms with van der Waals surface area (Å²) in [5.74, 6) is 1.26. The van der Waals surface area contributed by atoms with Gasteiger partial charge in [-0.25, -0.2) is 0 Å². The summed E-state index contributed by atoms with van der Waals surface area (Å²) in [4.78, 5) is 12.6. The fourth-order valence-electron chi connectivity index (χ4n) is 2.53. The standard InChI is InChI=1S/C19H28N4O2.ClH/c1-13(2)12-25-17-8-6-15(7-9-17)14(3)22-19(24)18(20-4)16-10-21-23(5)11-16;/h6-11,13-14,18,20H,12H2,1-5H3,(H,22,24);1H. The molecule has 0 fully saturated rings. The first kappa shape index (κ1) is 22.0. The number of likely N-dealkylation sites (N-methyl/N-ethyl adjacent to an activating group) is 1. The van der Waals surface area contributed by atoms with E-state index in [1.54, 1.807) is 17.9 Å². The van der Waals surface area contributed by atoms with E-state index in [2.05, 4.69) is 29.6 Å². The predicted octanol–water partition coefficient (Wildman–Crippen LogP) is 3.01. The Morgan fingerprint density at radius 1 is 1.19 bits per heavy atom. The number of nitrogens with one attached hydrogen (secondary N) is 2. The van der Waals surface area contributed by atoms with E-state index in [9.17, 15) is 4.79 Å². The summed E-state index contributed by atoms with van der Waals surface area (Å²) in [5.41, 5.74) is 1.87. The molecule has 0 aliphatic carbocycles. The molecule has 0 spiro atoms. The average Bonchev–Trinajstić information content (AvgIpc) is 3.00. The van der Waals surface area contributed by atoms with Crippen LogP contribution in [0.3, 0.4) is 0 Å². The molecule has 6 nitrogen and oxygen atoms in total. The van der Waals surface area contributed by atoms with E-state index in [1.807, 2.05) is 44.4 Å². The summed E-state index contributed by atoms with van der Waals surface area (Å²) >= 11 is 0. The minimum absolute atomic E-state index is 0. The molecule has 144 valence electrons. The van der Waals surface area contributed by atoms with Crippen LogP contribution in [0.1, 0.15) is 44.0 Å². The van der Waals surface area contributed by atoms with Gasteiger partial charge in [0, 0.05) is 18.8 Å². The van der Waals surface area contributed by atoms with E-state index in [4.69, 9.17) is 4.74 Å². The van der Waals surface area contributed by atoms with E-state index in [1.165, 1.54) is 0 Å². The van der Waals surface area contributed by atoms with Gasteiger partial charge in [-0.15, -0.1) is 12.4 Å². The molecule has 1 aromatic heterocycles. The number of halogens is 1. The number of hydrogen-bond donors (Lipinski definition) is 2. The van der Waals surface area contributed by atoms with Crippen molar-refractivity contribution < 1.29 is 9.53 Å². The van der Waals surface area contributed by atoms with Gasteiger partial charge in [0.05, 0.1) is 18.8 Å². The van der Waals surface area contributed by atoms with Crippen LogP contribution in [0.2, 0.25) is 0 Å². The highest BCUT2D eigenvalue weighted by Crippen LogP contribution is 2.19. The van der Waals surface area contributed by atoms with Gasteiger partial charge in [0.25, 0.3) is 0 Å². The van der Waals surface area contributed by atoms with Gasteiger partial charge < -0.3 is 15.4 Å². The summed E-state index contributed by atoms with van der Waals surface area (Å²) in [6.07, 6.45) is 3.54. The molecular weight excluding hydrogens is 352 g/mol. The Balaban J connectivity index is 0.00000338. The van der Waals surface area contributed by atoms with Gasteiger partial charge in [-0.1, -0.05) is 26.0 Å². The first-order valence-electron chi connectivity index (χ1n) is 8.59. The van der Waals surface area contributed by atoms with Crippen molar-refractivity contribution in [1.29, 1.82) is 0 Å². The number of carbonyl (C=O) groups excluding carboxylic acids is 1. The molecule has 0 saturated carbocycles. The van der Waals surface area contributed by atoms with Gasteiger partial charge in [0.15, 0.2) is 0 Å². The number of carbonyl (C=O) groups is 1. The van der Waals surface area contributed by atoms with Crippen LogP contribution in [-0.4, -0.2) is 29.3 Å². The largest absolute Gasteiger partial charge is 0.493 e.